The fraction of sp³-hybridized carbons (Fsp3) is 0.429. The molecule has 0 amide bonds. The number of rotatable bonds is 4. The average molecular weight is 307 g/mol. The van der Waals surface area contributed by atoms with Crippen LogP contribution in [0, 0.1) is 5.92 Å². The van der Waals surface area contributed by atoms with Crippen molar-refractivity contribution >= 4 is 29.2 Å². The smallest absolute Gasteiger partial charge is 0.269 e. The average Bonchev–Trinajstić information content (AvgIpc) is 2.96. The molecule has 2 unspecified atom stereocenters. The molecular formula is C14H21N5OS. The van der Waals surface area contributed by atoms with Crippen molar-refractivity contribution in [3.05, 3.63) is 24.3 Å². The molecule has 7 heteroatoms. The number of hydrazone groups is 1. The third-order valence-corrected chi connectivity index (χ3v) is 4.19. The van der Waals surface area contributed by atoms with Crippen LogP contribution in [0.4, 0.5) is 5.69 Å². The van der Waals surface area contributed by atoms with Gasteiger partial charge in [0, 0.05) is 24.4 Å². The van der Waals surface area contributed by atoms with Crippen molar-refractivity contribution in [2.24, 2.45) is 15.4 Å². The van der Waals surface area contributed by atoms with Crippen molar-refractivity contribution in [3.8, 4) is 0 Å². The third-order valence-electron chi connectivity index (χ3n) is 3.18. The predicted molar refractivity (Wildman–Crippen MR) is 87.4 cm³/mol. The van der Waals surface area contributed by atoms with E-state index in [1.807, 2.05) is 13.1 Å². The van der Waals surface area contributed by atoms with Crippen LogP contribution in [0.5, 0.6) is 0 Å². The Morgan fingerprint density at radius 3 is 2.76 bits per heavy atom. The van der Waals surface area contributed by atoms with Crippen LogP contribution in [-0.4, -0.2) is 34.8 Å². The maximum Gasteiger partial charge on any atom is 0.269 e. The van der Waals surface area contributed by atoms with E-state index in [1.165, 1.54) is 0 Å². The van der Waals surface area contributed by atoms with Crippen molar-refractivity contribution in [3.63, 3.8) is 0 Å². The predicted octanol–water partition coefficient (Wildman–Crippen LogP) is 1.58. The summed E-state index contributed by atoms with van der Waals surface area (Å²) in [5, 5.41) is 9.22. The maximum atomic E-state index is 12.3. The van der Waals surface area contributed by atoms with E-state index < -0.39 is 11.4 Å². The van der Waals surface area contributed by atoms with E-state index in [-0.39, 0.29) is 0 Å². The number of nitrogens with one attached hydrogen (secondary N) is 1. The molecule has 0 radical (unpaired) electrons. The molecule has 21 heavy (non-hydrogen) atoms. The first-order valence-corrected chi connectivity index (χ1v) is 8.16. The molecule has 0 saturated carbocycles. The number of nitrogens with two attached hydrogens (primary N) is 1. The first-order chi connectivity index (χ1) is 10.1. The van der Waals surface area contributed by atoms with Crippen molar-refractivity contribution in [1.29, 1.82) is 0 Å². The first kappa shape index (κ1) is 15.7. The van der Waals surface area contributed by atoms with E-state index in [0.717, 1.165) is 13.0 Å². The van der Waals surface area contributed by atoms with Crippen molar-refractivity contribution in [2.75, 3.05) is 18.8 Å². The third kappa shape index (κ3) is 4.12. The molecule has 0 fully saturated rings. The number of benzene rings is 1. The van der Waals surface area contributed by atoms with Crippen LogP contribution in [-0.2, 0) is 11.4 Å². The molecule has 0 saturated heterocycles. The van der Waals surface area contributed by atoms with E-state index in [1.54, 1.807) is 29.3 Å². The molecule has 1 aliphatic rings. The molecule has 1 aliphatic heterocycles. The summed E-state index contributed by atoms with van der Waals surface area (Å²) in [6.45, 7) is 5.55. The van der Waals surface area contributed by atoms with Gasteiger partial charge in [0.05, 0.1) is 6.54 Å². The molecule has 0 aliphatic carbocycles. The van der Waals surface area contributed by atoms with Gasteiger partial charge in [-0.1, -0.05) is 6.92 Å². The summed E-state index contributed by atoms with van der Waals surface area (Å²) >= 11 is -1.48. The number of nitrogens with zero attached hydrogens (tertiary/aromatic N) is 3. The van der Waals surface area contributed by atoms with Crippen molar-refractivity contribution in [2.45, 2.75) is 25.2 Å². The number of guanidine groups is 1. The highest BCUT2D eigenvalue weighted by Crippen LogP contribution is 2.16. The second-order valence-electron chi connectivity index (χ2n) is 4.78. The van der Waals surface area contributed by atoms with Crippen LogP contribution in [0.2, 0.25) is 0 Å². The normalized spacial score (nSPS) is 19.9. The lowest BCUT2D eigenvalue weighted by molar-refractivity contribution is 0.426. The van der Waals surface area contributed by atoms with E-state index >= 15 is 0 Å². The molecule has 3 N–H and O–H groups in total. The van der Waals surface area contributed by atoms with Gasteiger partial charge in [-0.15, -0.1) is 0 Å². The molecule has 0 spiro atoms. The molecule has 2 rings (SSSR count). The van der Waals surface area contributed by atoms with E-state index in [2.05, 4.69) is 21.7 Å². The van der Waals surface area contributed by atoms with Crippen LogP contribution in [0.3, 0.4) is 0 Å². The number of nitrogen functional groups attached to an aromatic ring is 1. The van der Waals surface area contributed by atoms with E-state index in [9.17, 15) is 4.55 Å². The Balaban J connectivity index is 2.13. The van der Waals surface area contributed by atoms with Gasteiger partial charge >= 0.3 is 0 Å². The molecule has 1 aromatic carbocycles. The Morgan fingerprint density at radius 1 is 1.48 bits per heavy atom. The molecule has 1 heterocycles. The Labute approximate surface area is 128 Å². The first-order valence-electron chi connectivity index (χ1n) is 7.05. The minimum absolute atomic E-state index is 0.416. The largest absolute Gasteiger partial charge is 0.586 e. The summed E-state index contributed by atoms with van der Waals surface area (Å²) in [7, 11) is 0. The lowest BCUT2D eigenvalue weighted by Gasteiger charge is -2.17. The van der Waals surface area contributed by atoms with Crippen molar-refractivity contribution in [1.82, 2.24) is 10.3 Å². The molecular weight excluding hydrogens is 286 g/mol. The van der Waals surface area contributed by atoms with Gasteiger partial charge in [0.2, 0.25) is 0 Å². The fourth-order valence-corrected chi connectivity index (χ4v) is 2.70. The zero-order chi connectivity index (χ0) is 15.2. The summed E-state index contributed by atoms with van der Waals surface area (Å²) in [5.41, 5.74) is 6.27. The van der Waals surface area contributed by atoms with Crippen LogP contribution < -0.4 is 11.1 Å². The van der Waals surface area contributed by atoms with Gasteiger partial charge in [0.25, 0.3) is 5.96 Å². The van der Waals surface area contributed by atoms with Gasteiger partial charge in [-0.05, 0) is 42.0 Å². The highest BCUT2D eigenvalue weighted by molar-refractivity contribution is 7.90. The summed E-state index contributed by atoms with van der Waals surface area (Å²) < 4.78 is 16.6. The van der Waals surface area contributed by atoms with Crippen LogP contribution in [0.25, 0.3) is 0 Å². The van der Waals surface area contributed by atoms with Crippen molar-refractivity contribution < 1.29 is 4.55 Å². The zero-order valence-corrected chi connectivity index (χ0v) is 13.1. The van der Waals surface area contributed by atoms with Gasteiger partial charge in [0.15, 0.2) is 4.90 Å². The van der Waals surface area contributed by atoms with Gasteiger partial charge in [-0.2, -0.15) is 5.10 Å². The van der Waals surface area contributed by atoms with E-state index in [0.29, 0.717) is 29.0 Å². The molecule has 0 bridgehead atoms. The summed E-state index contributed by atoms with van der Waals surface area (Å²) in [5.74, 6) is 0.957. The molecule has 0 aromatic heterocycles. The highest BCUT2D eigenvalue weighted by Gasteiger charge is 2.23. The Bertz CT molecular complexity index is 517. The van der Waals surface area contributed by atoms with Gasteiger partial charge < -0.3 is 15.6 Å². The minimum atomic E-state index is -1.48. The number of hydrogen-bond acceptors (Lipinski definition) is 4. The second kappa shape index (κ2) is 7.33. The van der Waals surface area contributed by atoms with Crippen LogP contribution in [0.1, 0.15) is 20.3 Å². The monoisotopic (exact) mass is 307 g/mol. The molecule has 2 atom stereocenters. The Morgan fingerprint density at radius 2 is 2.19 bits per heavy atom. The van der Waals surface area contributed by atoms with Gasteiger partial charge in [0.1, 0.15) is 11.4 Å². The lowest BCUT2D eigenvalue weighted by Crippen LogP contribution is -2.38. The summed E-state index contributed by atoms with van der Waals surface area (Å²) in [6, 6.07) is 6.88. The topological polar surface area (TPSA) is 89.1 Å². The highest BCUT2D eigenvalue weighted by atomic mass is 32.2. The minimum Gasteiger partial charge on any atom is -0.586 e. The Kier molecular flexibility index (Phi) is 5.46. The number of hydrogen-bond donors (Lipinski definition) is 2. The SMILES string of the molecule is CCN/C(=N\[S+]([O-])c1ccc(N)cc1)N1CC(CC)C=N1. The standard InChI is InChI=1S/C14H21N5OS/c1-3-11-9-17-19(10-11)14(16-4-2)18-21(20)13-7-5-12(15)6-8-13/h5-9,11H,3-4,10,15H2,1-2H3,(H,16,18). The summed E-state index contributed by atoms with van der Waals surface area (Å²) in [6.07, 6.45) is 2.94. The Hall–Kier alpha value is -1.73. The quantitative estimate of drug-likeness (QED) is 0.382. The number of anilines is 1. The lowest BCUT2D eigenvalue weighted by atomic mass is 10.1. The summed E-state index contributed by atoms with van der Waals surface area (Å²) in [4.78, 5) is 0.620. The molecule has 1 aromatic rings. The van der Waals surface area contributed by atoms with Gasteiger partial charge in [-0.25, -0.2) is 5.01 Å². The zero-order valence-electron chi connectivity index (χ0n) is 12.3. The fourth-order valence-electron chi connectivity index (χ4n) is 1.91. The van der Waals surface area contributed by atoms with Crippen LogP contribution >= 0.6 is 0 Å². The molecule has 114 valence electrons. The maximum absolute atomic E-state index is 12.3. The molecule has 6 nitrogen and oxygen atoms in total. The second-order valence-corrected chi connectivity index (χ2v) is 5.93. The van der Waals surface area contributed by atoms with Gasteiger partial charge in [-0.3, -0.25) is 0 Å². The van der Waals surface area contributed by atoms with Crippen LogP contribution in [0.15, 0.2) is 38.7 Å². The van der Waals surface area contributed by atoms with E-state index in [4.69, 9.17) is 5.73 Å².